The van der Waals surface area contributed by atoms with Gasteiger partial charge in [-0.3, -0.25) is 4.79 Å². The molecule has 1 atom stereocenters. The zero-order valence-corrected chi connectivity index (χ0v) is 17.2. The summed E-state index contributed by atoms with van der Waals surface area (Å²) in [5, 5.41) is 4.04. The van der Waals surface area contributed by atoms with Crippen molar-refractivity contribution in [3.63, 3.8) is 0 Å². The van der Waals surface area contributed by atoms with Gasteiger partial charge in [0, 0.05) is 51.3 Å². The first-order chi connectivity index (χ1) is 13.4. The molecule has 3 heterocycles. The van der Waals surface area contributed by atoms with Gasteiger partial charge in [0.2, 0.25) is 5.95 Å². The molecule has 28 heavy (non-hydrogen) atoms. The summed E-state index contributed by atoms with van der Waals surface area (Å²) in [6, 6.07) is 1.80. The Hall–Kier alpha value is -2.44. The molecule has 7 nitrogen and oxygen atoms in total. The lowest BCUT2D eigenvalue weighted by Crippen LogP contribution is -2.48. The van der Waals surface area contributed by atoms with E-state index in [0.29, 0.717) is 18.2 Å². The van der Waals surface area contributed by atoms with Gasteiger partial charge in [-0.25, -0.2) is 9.97 Å². The first kappa shape index (κ1) is 18.9. The van der Waals surface area contributed by atoms with Crippen LogP contribution in [0.5, 0.6) is 0 Å². The standard InChI is InChI=1S/C21H29N5O2/c1-14(2)10-16-11-17(24-28-16)19(27)26-9-5-7-21(13-26)8-6-15-12-22-20(25(3)4)23-18(15)21/h11-12,14H,5-10,13H2,1-4H3. The van der Waals surface area contributed by atoms with E-state index in [2.05, 4.69) is 24.0 Å². The summed E-state index contributed by atoms with van der Waals surface area (Å²) in [5.41, 5.74) is 2.70. The van der Waals surface area contributed by atoms with Crippen LogP contribution in [0, 0.1) is 5.92 Å². The van der Waals surface area contributed by atoms with E-state index in [9.17, 15) is 4.79 Å². The third kappa shape index (κ3) is 3.38. The minimum Gasteiger partial charge on any atom is -0.361 e. The minimum absolute atomic E-state index is 0.0341. The summed E-state index contributed by atoms with van der Waals surface area (Å²) in [6.07, 6.45) is 6.79. The molecule has 1 saturated heterocycles. The van der Waals surface area contributed by atoms with Gasteiger partial charge in [0.05, 0.1) is 5.69 Å². The Balaban J connectivity index is 1.57. The Morgan fingerprint density at radius 1 is 1.36 bits per heavy atom. The number of carbonyl (C=O) groups excluding carboxylic acids is 1. The summed E-state index contributed by atoms with van der Waals surface area (Å²) in [4.78, 5) is 26.3. The fraction of sp³-hybridized carbons (Fsp3) is 0.619. The van der Waals surface area contributed by atoms with Gasteiger partial charge >= 0.3 is 0 Å². The number of rotatable bonds is 4. The van der Waals surface area contributed by atoms with Crippen molar-refractivity contribution in [2.45, 2.75) is 51.4 Å². The average Bonchev–Trinajstić information content (AvgIpc) is 3.26. The van der Waals surface area contributed by atoms with Gasteiger partial charge in [-0.1, -0.05) is 19.0 Å². The topological polar surface area (TPSA) is 75.4 Å². The third-order valence-corrected chi connectivity index (χ3v) is 5.88. The van der Waals surface area contributed by atoms with E-state index < -0.39 is 0 Å². The highest BCUT2D eigenvalue weighted by Gasteiger charge is 2.45. The molecule has 0 N–H and O–H groups in total. The molecule has 2 aliphatic rings. The molecule has 1 aliphatic heterocycles. The molecule has 2 aromatic rings. The van der Waals surface area contributed by atoms with E-state index in [4.69, 9.17) is 9.51 Å². The molecule has 0 bridgehead atoms. The molecule has 0 saturated carbocycles. The third-order valence-electron chi connectivity index (χ3n) is 5.88. The van der Waals surface area contributed by atoms with Crippen molar-refractivity contribution in [1.29, 1.82) is 0 Å². The van der Waals surface area contributed by atoms with Crippen LogP contribution in [0.1, 0.15) is 60.6 Å². The monoisotopic (exact) mass is 383 g/mol. The highest BCUT2D eigenvalue weighted by atomic mass is 16.5. The predicted octanol–water partition coefficient (Wildman–Crippen LogP) is 2.85. The zero-order chi connectivity index (χ0) is 19.9. The number of carbonyl (C=O) groups is 1. The molecule has 1 amide bonds. The molecule has 1 spiro atoms. The Labute approximate surface area is 166 Å². The van der Waals surface area contributed by atoms with Crippen LogP contribution in [0.25, 0.3) is 0 Å². The van der Waals surface area contributed by atoms with Crippen molar-refractivity contribution >= 4 is 11.9 Å². The molecule has 2 aromatic heterocycles. The smallest absolute Gasteiger partial charge is 0.276 e. The number of nitrogens with zero attached hydrogens (tertiary/aromatic N) is 5. The number of hydrogen-bond acceptors (Lipinski definition) is 6. The van der Waals surface area contributed by atoms with E-state index in [0.717, 1.165) is 56.1 Å². The molecule has 0 aromatic carbocycles. The van der Waals surface area contributed by atoms with E-state index >= 15 is 0 Å². The maximum atomic E-state index is 13.1. The molecule has 7 heteroatoms. The van der Waals surface area contributed by atoms with E-state index in [1.54, 1.807) is 6.07 Å². The van der Waals surface area contributed by atoms with Crippen LogP contribution < -0.4 is 4.90 Å². The van der Waals surface area contributed by atoms with Crippen molar-refractivity contribution in [3.05, 3.63) is 35.0 Å². The van der Waals surface area contributed by atoms with Crippen molar-refractivity contribution < 1.29 is 9.32 Å². The lowest BCUT2D eigenvalue weighted by molar-refractivity contribution is 0.0623. The van der Waals surface area contributed by atoms with Crippen molar-refractivity contribution in [1.82, 2.24) is 20.0 Å². The first-order valence-corrected chi connectivity index (χ1v) is 10.2. The summed E-state index contributed by atoms with van der Waals surface area (Å²) >= 11 is 0. The van der Waals surface area contributed by atoms with Gasteiger partial charge in [0.15, 0.2) is 5.69 Å². The number of aromatic nitrogens is 3. The number of hydrogen-bond donors (Lipinski definition) is 0. The second kappa shape index (κ2) is 7.18. The molecular weight excluding hydrogens is 354 g/mol. The number of piperidine rings is 1. The van der Waals surface area contributed by atoms with Crippen molar-refractivity contribution in [3.8, 4) is 0 Å². The summed E-state index contributed by atoms with van der Waals surface area (Å²) < 4.78 is 5.38. The molecule has 4 rings (SSSR count). The summed E-state index contributed by atoms with van der Waals surface area (Å²) in [6.45, 7) is 5.70. The molecular formula is C21H29N5O2. The largest absolute Gasteiger partial charge is 0.361 e. The highest BCUT2D eigenvalue weighted by Crippen LogP contribution is 2.44. The van der Waals surface area contributed by atoms with Crippen LogP contribution in [0.3, 0.4) is 0 Å². The Kier molecular flexibility index (Phi) is 4.85. The number of amides is 1. The summed E-state index contributed by atoms with van der Waals surface area (Å²) in [7, 11) is 3.92. The van der Waals surface area contributed by atoms with Crippen LogP contribution in [0.2, 0.25) is 0 Å². The van der Waals surface area contributed by atoms with Crippen LogP contribution in [0.4, 0.5) is 5.95 Å². The second-order valence-corrected chi connectivity index (χ2v) is 8.83. The Bertz CT molecular complexity index is 871. The molecule has 0 radical (unpaired) electrons. The van der Waals surface area contributed by atoms with Crippen molar-refractivity contribution in [2.75, 3.05) is 32.1 Å². The van der Waals surface area contributed by atoms with Gasteiger partial charge in [-0.15, -0.1) is 0 Å². The number of aryl methyl sites for hydroxylation is 1. The highest BCUT2D eigenvalue weighted by molar-refractivity contribution is 5.92. The van der Waals surface area contributed by atoms with Crippen LogP contribution in [0.15, 0.2) is 16.8 Å². The lowest BCUT2D eigenvalue weighted by atomic mass is 9.77. The summed E-state index contributed by atoms with van der Waals surface area (Å²) in [5.74, 6) is 1.95. The maximum Gasteiger partial charge on any atom is 0.276 e. The number of likely N-dealkylation sites (tertiary alicyclic amines) is 1. The van der Waals surface area contributed by atoms with Crippen LogP contribution in [-0.2, 0) is 18.3 Å². The van der Waals surface area contributed by atoms with Crippen LogP contribution >= 0.6 is 0 Å². The fourth-order valence-corrected chi connectivity index (χ4v) is 4.52. The molecule has 1 aliphatic carbocycles. The molecule has 150 valence electrons. The SMILES string of the molecule is CC(C)Cc1cc(C(=O)N2CCCC3(CCc4cnc(N(C)C)nc43)C2)no1. The molecule has 1 fully saturated rings. The zero-order valence-electron chi connectivity index (χ0n) is 17.2. The first-order valence-electron chi connectivity index (χ1n) is 10.2. The normalized spacial score (nSPS) is 21.4. The minimum atomic E-state index is -0.0680. The Morgan fingerprint density at radius 2 is 2.18 bits per heavy atom. The van der Waals surface area contributed by atoms with E-state index in [1.807, 2.05) is 30.1 Å². The average molecular weight is 383 g/mol. The molecule has 1 unspecified atom stereocenters. The van der Waals surface area contributed by atoms with Gasteiger partial charge < -0.3 is 14.3 Å². The fourth-order valence-electron chi connectivity index (χ4n) is 4.52. The lowest BCUT2D eigenvalue weighted by Gasteiger charge is -2.40. The number of anilines is 1. The predicted molar refractivity (Wildman–Crippen MR) is 107 cm³/mol. The second-order valence-electron chi connectivity index (χ2n) is 8.83. The van der Waals surface area contributed by atoms with E-state index in [-0.39, 0.29) is 11.3 Å². The maximum absolute atomic E-state index is 13.1. The number of fused-ring (bicyclic) bond motifs is 2. The Morgan fingerprint density at radius 3 is 2.93 bits per heavy atom. The van der Waals surface area contributed by atoms with Crippen LogP contribution in [-0.4, -0.2) is 53.1 Å². The van der Waals surface area contributed by atoms with Gasteiger partial charge in [0.25, 0.3) is 5.91 Å². The van der Waals surface area contributed by atoms with Crippen molar-refractivity contribution in [2.24, 2.45) is 5.92 Å². The van der Waals surface area contributed by atoms with Gasteiger partial charge in [-0.05, 0) is 37.2 Å². The van der Waals surface area contributed by atoms with Gasteiger partial charge in [0.1, 0.15) is 5.76 Å². The quantitative estimate of drug-likeness (QED) is 0.808. The van der Waals surface area contributed by atoms with Gasteiger partial charge in [-0.2, -0.15) is 0 Å². The van der Waals surface area contributed by atoms with E-state index in [1.165, 1.54) is 5.56 Å².